The number of ether oxygens (including phenoxy) is 1. The molecule has 3 N–H and O–H groups in total. The Morgan fingerprint density at radius 1 is 1.36 bits per heavy atom. The van der Waals surface area contributed by atoms with E-state index in [9.17, 15) is 5.11 Å². The van der Waals surface area contributed by atoms with Crippen LogP contribution >= 0.6 is 0 Å². The van der Waals surface area contributed by atoms with Gasteiger partial charge in [0.2, 0.25) is 0 Å². The molecule has 0 spiro atoms. The van der Waals surface area contributed by atoms with Gasteiger partial charge in [0.1, 0.15) is 0 Å². The van der Waals surface area contributed by atoms with Gasteiger partial charge in [-0.1, -0.05) is 0 Å². The van der Waals surface area contributed by atoms with E-state index in [1.54, 1.807) is 7.11 Å². The number of guanidine groups is 1. The van der Waals surface area contributed by atoms with Crippen molar-refractivity contribution in [1.82, 2.24) is 15.5 Å². The first-order valence-electron chi connectivity index (χ1n) is 8.64. The third-order valence-electron chi connectivity index (χ3n) is 4.70. The predicted octanol–water partition coefficient (Wildman–Crippen LogP) is 0.567. The molecule has 0 unspecified atom stereocenters. The minimum absolute atomic E-state index is 0.465. The van der Waals surface area contributed by atoms with E-state index in [1.165, 1.54) is 0 Å². The van der Waals surface area contributed by atoms with Crippen LogP contribution in [0.2, 0.25) is 0 Å². The van der Waals surface area contributed by atoms with E-state index in [0.29, 0.717) is 12.6 Å². The molecule has 2 aliphatic rings. The molecule has 1 aliphatic heterocycles. The first-order valence-corrected chi connectivity index (χ1v) is 8.64. The van der Waals surface area contributed by atoms with Crippen LogP contribution in [0.4, 0.5) is 0 Å². The summed E-state index contributed by atoms with van der Waals surface area (Å²) in [6.07, 6.45) is 5.13. The molecule has 128 valence electrons. The lowest BCUT2D eigenvalue weighted by Crippen LogP contribution is -2.50. The number of aliphatic hydroxyl groups is 1. The van der Waals surface area contributed by atoms with E-state index in [1.807, 2.05) is 0 Å². The quantitative estimate of drug-likeness (QED) is 0.474. The Balaban J connectivity index is 1.75. The van der Waals surface area contributed by atoms with E-state index in [0.717, 1.165) is 70.8 Å². The van der Waals surface area contributed by atoms with Gasteiger partial charge in [-0.25, -0.2) is 0 Å². The van der Waals surface area contributed by atoms with Gasteiger partial charge in [-0.3, -0.25) is 4.99 Å². The maximum Gasteiger partial charge on any atom is 0.191 e. The van der Waals surface area contributed by atoms with Gasteiger partial charge in [0, 0.05) is 39.3 Å². The van der Waals surface area contributed by atoms with Crippen LogP contribution in [-0.4, -0.2) is 74.0 Å². The Morgan fingerprint density at radius 3 is 2.64 bits per heavy atom. The molecule has 0 radical (unpaired) electrons. The number of nitrogens with zero attached hydrogens (tertiary/aromatic N) is 2. The van der Waals surface area contributed by atoms with Crippen molar-refractivity contribution in [3.8, 4) is 0 Å². The fourth-order valence-corrected chi connectivity index (χ4v) is 3.00. The molecule has 2 fully saturated rings. The van der Waals surface area contributed by atoms with Crippen LogP contribution in [0.5, 0.6) is 0 Å². The summed E-state index contributed by atoms with van der Waals surface area (Å²) in [6.45, 7) is 7.45. The van der Waals surface area contributed by atoms with Crippen molar-refractivity contribution in [3.63, 3.8) is 0 Å². The number of rotatable bonds is 7. The Labute approximate surface area is 134 Å². The van der Waals surface area contributed by atoms with Crippen molar-refractivity contribution >= 4 is 5.96 Å². The van der Waals surface area contributed by atoms with E-state index >= 15 is 0 Å². The van der Waals surface area contributed by atoms with Gasteiger partial charge in [0.05, 0.1) is 18.8 Å². The minimum Gasteiger partial charge on any atom is -0.388 e. The molecule has 22 heavy (non-hydrogen) atoms. The van der Waals surface area contributed by atoms with Crippen LogP contribution in [0.25, 0.3) is 0 Å². The van der Waals surface area contributed by atoms with E-state index in [2.05, 4.69) is 27.4 Å². The number of methoxy groups -OCH3 is 1. The smallest absolute Gasteiger partial charge is 0.191 e. The second-order valence-electron chi connectivity index (χ2n) is 6.53. The van der Waals surface area contributed by atoms with Crippen molar-refractivity contribution in [2.24, 2.45) is 4.99 Å². The molecule has 0 bridgehead atoms. The fraction of sp³-hybridized carbons (Fsp3) is 0.938. The monoisotopic (exact) mass is 312 g/mol. The van der Waals surface area contributed by atoms with Gasteiger partial charge in [0.25, 0.3) is 0 Å². The lowest BCUT2D eigenvalue weighted by molar-refractivity contribution is -0.0236. The fourth-order valence-electron chi connectivity index (χ4n) is 3.00. The zero-order valence-corrected chi connectivity index (χ0v) is 14.1. The molecule has 1 saturated carbocycles. The van der Waals surface area contributed by atoms with Gasteiger partial charge < -0.3 is 25.4 Å². The lowest BCUT2D eigenvalue weighted by atomic mass is 9.80. The number of nitrogens with one attached hydrogen (secondary N) is 2. The Kier molecular flexibility index (Phi) is 6.92. The van der Waals surface area contributed by atoms with Gasteiger partial charge in [0.15, 0.2) is 5.96 Å². The molecule has 0 amide bonds. The van der Waals surface area contributed by atoms with Crippen LogP contribution in [0.3, 0.4) is 0 Å². The zero-order chi connectivity index (χ0) is 15.8. The summed E-state index contributed by atoms with van der Waals surface area (Å²) in [5, 5.41) is 17.0. The average Bonchev–Trinajstić information content (AvgIpc) is 2.50. The van der Waals surface area contributed by atoms with Crippen LogP contribution in [0.15, 0.2) is 4.99 Å². The van der Waals surface area contributed by atoms with Gasteiger partial charge >= 0.3 is 0 Å². The number of hydrogen-bond donors (Lipinski definition) is 3. The Bertz CT molecular complexity index is 350. The summed E-state index contributed by atoms with van der Waals surface area (Å²) in [7, 11) is 1.75. The Hall–Kier alpha value is -0.850. The van der Waals surface area contributed by atoms with Crippen molar-refractivity contribution in [3.05, 3.63) is 0 Å². The molecule has 6 nitrogen and oxygen atoms in total. The number of piperidine rings is 1. The van der Waals surface area contributed by atoms with E-state index in [-0.39, 0.29) is 0 Å². The molecule has 1 saturated heterocycles. The van der Waals surface area contributed by atoms with Crippen molar-refractivity contribution < 1.29 is 9.84 Å². The van der Waals surface area contributed by atoms with Crippen LogP contribution in [0, 0.1) is 0 Å². The highest BCUT2D eigenvalue weighted by molar-refractivity contribution is 5.80. The summed E-state index contributed by atoms with van der Waals surface area (Å²) < 4.78 is 5.14. The normalized spacial score (nSPS) is 23.1. The second-order valence-corrected chi connectivity index (χ2v) is 6.53. The first kappa shape index (κ1) is 17.5. The highest BCUT2D eigenvalue weighted by Crippen LogP contribution is 2.31. The summed E-state index contributed by atoms with van der Waals surface area (Å²) in [5.41, 5.74) is -0.550. The molecule has 0 atom stereocenters. The number of aliphatic imine (C=N–C) groups is 1. The van der Waals surface area contributed by atoms with Crippen molar-refractivity contribution in [1.29, 1.82) is 0 Å². The molecule has 1 aliphatic carbocycles. The molecule has 0 aromatic rings. The van der Waals surface area contributed by atoms with Crippen molar-refractivity contribution in [2.45, 2.75) is 50.7 Å². The maximum atomic E-state index is 10.2. The molecule has 0 aromatic carbocycles. The van der Waals surface area contributed by atoms with Crippen LogP contribution < -0.4 is 10.6 Å². The third-order valence-corrected chi connectivity index (χ3v) is 4.70. The number of likely N-dealkylation sites (tertiary alicyclic amines) is 1. The van der Waals surface area contributed by atoms with E-state index in [4.69, 9.17) is 4.74 Å². The number of hydrogen-bond acceptors (Lipinski definition) is 4. The molecular weight excluding hydrogens is 280 g/mol. The van der Waals surface area contributed by atoms with Gasteiger partial charge in [-0.2, -0.15) is 0 Å². The maximum absolute atomic E-state index is 10.2. The lowest BCUT2D eigenvalue weighted by Gasteiger charge is -2.36. The second kappa shape index (κ2) is 8.70. The zero-order valence-electron chi connectivity index (χ0n) is 14.1. The topological polar surface area (TPSA) is 69.1 Å². The van der Waals surface area contributed by atoms with Crippen molar-refractivity contribution in [2.75, 3.05) is 46.4 Å². The largest absolute Gasteiger partial charge is 0.388 e. The standard InChI is InChI=1S/C16H32N4O2/c1-3-17-15(18-13-16(21)7-4-8-16)19-14-5-9-20(10-6-14)11-12-22-2/h14,21H,3-13H2,1-2H3,(H2,17,18,19). The summed E-state index contributed by atoms with van der Waals surface area (Å²) in [5.74, 6) is 0.846. The molecular formula is C16H32N4O2. The summed E-state index contributed by atoms with van der Waals surface area (Å²) in [6, 6.07) is 0.465. The highest BCUT2D eigenvalue weighted by Gasteiger charge is 2.34. The third kappa shape index (κ3) is 5.41. The molecule has 0 aromatic heterocycles. The predicted molar refractivity (Wildman–Crippen MR) is 89.3 cm³/mol. The molecule has 6 heteroatoms. The van der Waals surface area contributed by atoms with Crippen LogP contribution in [-0.2, 0) is 4.74 Å². The summed E-state index contributed by atoms with van der Waals surface area (Å²) in [4.78, 5) is 7.03. The average molecular weight is 312 g/mol. The highest BCUT2D eigenvalue weighted by atomic mass is 16.5. The van der Waals surface area contributed by atoms with Crippen LogP contribution in [0.1, 0.15) is 39.0 Å². The molecule has 2 rings (SSSR count). The minimum atomic E-state index is -0.550. The first-order chi connectivity index (χ1) is 10.6. The van der Waals surface area contributed by atoms with E-state index < -0.39 is 5.60 Å². The Morgan fingerprint density at radius 2 is 2.09 bits per heavy atom. The molecule has 1 heterocycles. The summed E-state index contributed by atoms with van der Waals surface area (Å²) >= 11 is 0. The van der Waals surface area contributed by atoms with Gasteiger partial charge in [-0.15, -0.1) is 0 Å². The van der Waals surface area contributed by atoms with Gasteiger partial charge in [-0.05, 0) is 39.0 Å². The SMILES string of the molecule is CCNC(=NCC1(O)CCC1)NC1CCN(CCOC)CC1.